The van der Waals surface area contributed by atoms with Gasteiger partial charge in [-0.15, -0.1) is 0 Å². The third-order valence-electron chi connectivity index (χ3n) is 5.36. The Balaban J connectivity index is 1.53. The van der Waals surface area contributed by atoms with Crippen LogP contribution in [0.5, 0.6) is 11.5 Å². The number of cyclic esters (lactones) is 1. The molecule has 1 N–H and O–H groups in total. The maximum absolute atomic E-state index is 12.2. The molecule has 0 spiro atoms. The molecular formula is C24H27N5O3. The summed E-state index contributed by atoms with van der Waals surface area (Å²) in [5, 5.41) is 3.37. The van der Waals surface area contributed by atoms with E-state index in [1.807, 2.05) is 75.4 Å². The van der Waals surface area contributed by atoms with Crippen LogP contribution >= 0.6 is 0 Å². The first kappa shape index (κ1) is 21.5. The number of benzene rings is 2. The quantitative estimate of drug-likeness (QED) is 0.557. The van der Waals surface area contributed by atoms with E-state index in [1.54, 1.807) is 6.92 Å². The van der Waals surface area contributed by atoms with Crippen LogP contribution in [-0.2, 0) is 10.3 Å². The number of ether oxygens (including phenoxy) is 2. The normalized spacial score (nSPS) is 16.1. The number of nitrogens with one attached hydrogen (secondary N) is 1. The molecule has 1 amide bonds. The third kappa shape index (κ3) is 4.64. The van der Waals surface area contributed by atoms with E-state index in [0.717, 1.165) is 23.5 Å². The number of hydrogen-bond acceptors (Lipinski definition) is 7. The minimum absolute atomic E-state index is 0.0812. The van der Waals surface area contributed by atoms with Crippen molar-refractivity contribution in [3.8, 4) is 11.5 Å². The lowest BCUT2D eigenvalue weighted by Gasteiger charge is -2.28. The van der Waals surface area contributed by atoms with Gasteiger partial charge in [-0.2, -0.15) is 15.0 Å². The van der Waals surface area contributed by atoms with E-state index >= 15 is 0 Å². The summed E-state index contributed by atoms with van der Waals surface area (Å²) in [6.45, 7) is 8.20. The Kier molecular flexibility index (Phi) is 5.94. The zero-order valence-corrected chi connectivity index (χ0v) is 18.7. The number of aromatic nitrogens is 3. The second kappa shape index (κ2) is 8.82. The first-order valence-electron chi connectivity index (χ1n) is 10.7. The fraction of sp³-hybridized carbons (Fsp3) is 0.333. The lowest BCUT2D eigenvalue weighted by atomic mass is 9.94. The minimum atomic E-state index is -0.480. The monoisotopic (exact) mass is 433 g/mol. The van der Waals surface area contributed by atoms with Crippen molar-refractivity contribution in [3.05, 3.63) is 66.0 Å². The summed E-state index contributed by atoms with van der Waals surface area (Å²) in [4.78, 5) is 27.0. The van der Waals surface area contributed by atoms with Gasteiger partial charge in [0.1, 0.15) is 23.9 Å². The van der Waals surface area contributed by atoms with Crippen LogP contribution < -0.4 is 15.0 Å². The number of carbonyl (C=O) groups is 1. The molecule has 2 aromatic carbocycles. The standard InChI is InChI=1S/C24H27N5O3/c1-5-18-15-31-23(30)29(18)22-26-16(2)25-21(27-22)28-24(3,4)17-11-13-20(14-12-17)32-19-9-7-6-8-10-19/h6-14,18H,5,15H2,1-4H3,(H,25,26,27,28). The molecule has 166 valence electrons. The number of anilines is 2. The van der Waals surface area contributed by atoms with Crippen LogP contribution in [0.4, 0.5) is 16.7 Å². The van der Waals surface area contributed by atoms with Gasteiger partial charge in [-0.3, -0.25) is 0 Å². The number of hydrogen-bond donors (Lipinski definition) is 1. The van der Waals surface area contributed by atoms with Crippen molar-refractivity contribution < 1.29 is 14.3 Å². The largest absolute Gasteiger partial charge is 0.457 e. The second-order valence-corrected chi connectivity index (χ2v) is 8.20. The highest BCUT2D eigenvalue weighted by Gasteiger charge is 2.35. The van der Waals surface area contributed by atoms with Gasteiger partial charge in [0.15, 0.2) is 0 Å². The van der Waals surface area contributed by atoms with E-state index < -0.39 is 11.6 Å². The van der Waals surface area contributed by atoms with Crippen molar-refractivity contribution in [2.75, 3.05) is 16.8 Å². The van der Waals surface area contributed by atoms with Crippen LogP contribution in [0.1, 0.15) is 38.6 Å². The molecule has 0 aliphatic carbocycles. The van der Waals surface area contributed by atoms with Gasteiger partial charge in [0, 0.05) is 0 Å². The number of para-hydroxylation sites is 1. The van der Waals surface area contributed by atoms with Gasteiger partial charge in [-0.05, 0) is 57.0 Å². The average Bonchev–Trinajstić information content (AvgIpc) is 3.14. The van der Waals surface area contributed by atoms with Crippen LogP contribution in [-0.4, -0.2) is 33.7 Å². The highest BCUT2D eigenvalue weighted by atomic mass is 16.6. The van der Waals surface area contributed by atoms with Gasteiger partial charge in [-0.1, -0.05) is 37.3 Å². The molecule has 3 aromatic rings. The topological polar surface area (TPSA) is 89.5 Å². The summed E-state index contributed by atoms with van der Waals surface area (Å²) in [7, 11) is 0. The molecule has 0 radical (unpaired) electrons. The van der Waals surface area contributed by atoms with Crippen molar-refractivity contribution in [1.82, 2.24) is 15.0 Å². The number of amides is 1. The Labute approximate surface area is 187 Å². The summed E-state index contributed by atoms with van der Waals surface area (Å²) in [5.74, 6) is 2.77. The van der Waals surface area contributed by atoms with Crippen LogP contribution in [0.3, 0.4) is 0 Å². The van der Waals surface area contributed by atoms with Crippen LogP contribution in [0.25, 0.3) is 0 Å². The molecule has 1 aromatic heterocycles. The highest BCUT2D eigenvalue weighted by Crippen LogP contribution is 2.29. The molecule has 1 saturated heterocycles. The number of nitrogens with zero attached hydrogens (tertiary/aromatic N) is 4. The molecule has 0 saturated carbocycles. The van der Waals surface area contributed by atoms with E-state index in [9.17, 15) is 4.79 Å². The molecule has 8 heteroatoms. The number of aryl methyl sites for hydroxylation is 1. The molecule has 1 atom stereocenters. The van der Waals surface area contributed by atoms with Gasteiger partial charge in [-0.25, -0.2) is 9.69 Å². The molecule has 1 aliphatic heterocycles. The Bertz CT molecular complexity index is 1090. The lowest BCUT2D eigenvalue weighted by molar-refractivity contribution is 0.178. The number of rotatable bonds is 7. The van der Waals surface area contributed by atoms with Gasteiger partial charge < -0.3 is 14.8 Å². The van der Waals surface area contributed by atoms with E-state index in [0.29, 0.717) is 24.3 Å². The van der Waals surface area contributed by atoms with Crippen molar-refractivity contribution in [3.63, 3.8) is 0 Å². The summed E-state index contributed by atoms with van der Waals surface area (Å²) >= 11 is 0. The van der Waals surface area contributed by atoms with Crippen LogP contribution in [0.15, 0.2) is 54.6 Å². The molecule has 1 unspecified atom stereocenters. The first-order valence-corrected chi connectivity index (χ1v) is 10.7. The third-order valence-corrected chi connectivity index (χ3v) is 5.36. The highest BCUT2D eigenvalue weighted by molar-refractivity contribution is 5.88. The molecule has 2 heterocycles. The first-order chi connectivity index (χ1) is 15.4. The Morgan fingerprint density at radius 3 is 2.44 bits per heavy atom. The van der Waals surface area contributed by atoms with Crippen molar-refractivity contribution in [1.29, 1.82) is 0 Å². The maximum Gasteiger partial charge on any atom is 0.417 e. The van der Waals surface area contributed by atoms with Crippen molar-refractivity contribution >= 4 is 18.0 Å². The van der Waals surface area contributed by atoms with Gasteiger partial charge in [0.25, 0.3) is 0 Å². The Morgan fingerprint density at radius 1 is 1.06 bits per heavy atom. The van der Waals surface area contributed by atoms with E-state index in [4.69, 9.17) is 9.47 Å². The Hall–Kier alpha value is -3.68. The maximum atomic E-state index is 12.2. The van der Waals surface area contributed by atoms with Gasteiger partial charge in [0.05, 0.1) is 11.6 Å². The minimum Gasteiger partial charge on any atom is -0.457 e. The predicted molar refractivity (Wildman–Crippen MR) is 122 cm³/mol. The van der Waals surface area contributed by atoms with E-state index in [1.165, 1.54) is 4.90 Å². The summed E-state index contributed by atoms with van der Waals surface area (Å²) in [6, 6.07) is 17.5. The van der Waals surface area contributed by atoms with Crippen molar-refractivity contribution in [2.45, 2.75) is 45.7 Å². The van der Waals surface area contributed by atoms with Gasteiger partial charge in [0.2, 0.25) is 11.9 Å². The second-order valence-electron chi connectivity index (χ2n) is 8.20. The molecule has 1 fully saturated rings. The SMILES string of the molecule is CCC1COC(=O)N1c1nc(C)nc(NC(C)(C)c2ccc(Oc3ccccc3)cc2)n1. The average molecular weight is 434 g/mol. The lowest BCUT2D eigenvalue weighted by Crippen LogP contribution is -2.35. The predicted octanol–water partition coefficient (Wildman–Crippen LogP) is 5.05. The van der Waals surface area contributed by atoms with Crippen molar-refractivity contribution in [2.24, 2.45) is 0 Å². The van der Waals surface area contributed by atoms with E-state index in [-0.39, 0.29) is 6.04 Å². The van der Waals surface area contributed by atoms with Crippen LogP contribution in [0, 0.1) is 6.92 Å². The molecular weight excluding hydrogens is 406 g/mol. The van der Waals surface area contributed by atoms with Crippen LogP contribution in [0.2, 0.25) is 0 Å². The van der Waals surface area contributed by atoms with E-state index in [2.05, 4.69) is 20.3 Å². The smallest absolute Gasteiger partial charge is 0.417 e. The Morgan fingerprint density at radius 2 is 1.75 bits per heavy atom. The fourth-order valence-electron chi connectivity index (χ4n) is 3.55. The molecule has 8 nitrogen and oxygen atoms in total. The molecule has 1 aliphatic rings. The number of carbonyl (C=O) groups excluding carboxylic acids is 1. The summed E-state index contributed by atoms with van der Waals surface area (Å²) in [6.07, 6.45) is 0.323. The molecule has 4 rings (SSSR count). The molecule has 0 bridgehead atoms. The molecule has 32 heavy (non-hydrogen) atoms. The zero-order valence-electron chi connectivity index (χ0n) is 18.7. The summed E-state index contributed by atoms with van der Waals surface area (Å²) < 4.78 is 11.1. The zero-order chi connectivity index (χ0) is 22.7. The summed E-state index contributed by atoms with van der Waals surface area (Å²) in [5.41, 5.74) is 0.552. The fourth-order valence-corrected chi connectivity index (χ4v) is 3.55. The van der Waals surface area contributed by atoms with Gasteiger partial charge >= 0.3 is 6.09 Å².